The maximum absolute atomic E-state index is 10.9. The molecule has 1 aliphatic rings. The van der Waals surface area contributed by atoms with Crippen LogP contribution in [0.5, 0.6) is 5.75 Å². The minimum Gasteiger partial charge on any atom is -0.489 e. The second-order valence-corrected chi connectivity index (χ2v) is 8.70. The SMILES string of the molecule is CCC1CCC(COc2ccc(CCC(=O)O)c(C)c2C)=C(c2ccc(Cl)cc2)C1. The number of benzene rings is 2. The third-order valence-electron chi connectivity index (χ3n) is 6.40. The van der Waals surface area contributed by atoms with Crippen molar-refractivity contribution in [2.45, 2.75) is 59.3 Å². The fraction of sp³-hybridized carbons (Fsp3) is 0.423. The first kappa shape index (κ1) is 22.4. The Morgan fingerprint density at radius 2 is 1.87 bits per heavy atom. The minimum absolute atomic E-state index is 0.149. The van der Waals surface area contributed by atoms with E-state index in [9.17, 15) is 4.79 Å². The first-order chi connectivity index (χ1) is 14.4. The molecule has 0 radical (unpaired) electrons. The van der Waals surface area contributed by atoms with Gasteiger partial charge in [0.2, 0.25) is 0 Å². The summed E-state index contributed by atoms with van der Waals surface area (Å²) in [5, 5.41) is 9.71. The normalized spacial score (nSPS) is 16.6. The number of aliphatic carboxylic acids is 1. The van der Waals surface area contributed by atoms with Crippen molar-refractivity contribution >= 4 is 23.1 Å². The van der Waals surface area contributed by atoms with Gasteiger partial charge < -0.3 is 9.84 Å². The van der Waals surface area contributed by atoms with Crippen LogP contribution in [-0.2, 0) is 11.2 Å². The van der Waals surface area contributed by atoms with Crippen molar-refractivity contribution in [3.8, 4) is 5.75 Å². The molecule has 0 bridgehead atoms. The average Bonchev–Trinajstić information content (AvgIpc) is 2.74. The van der Waals surface area contributed by atoms with Gasteiger partial charge in [-0.25, -0.2) is 0 Å². The van der Waals surface area contributed by atoms with E-state index < -0.39 is 5.97 Å². The fourth-order valence-electron chi connectivity index (χ4n) is 4.23. The van der Waals surface area contributed by atoms with Crippen LogP contribution in [0, 0.1) is 19.8 Å². The van der Waals surface area contributed by atoms with E-state index in [-0.39, 0.29) is 6.42 Å². The van der Waals surface area contributed by atoms with Crippen molar-refractivity contribution in [1.82, 2.24) is 0 Å². The number of carboxylic acid groups (broad SMARTS) is 1. The highest BCUT2D eigenvalue weighted by molar-refractivity contribution is 6.30. The minimum atomic E-state index is -0.767. The van der Waals surface area contributed by atoms with Crippen LogP contribution >= 0.6 is 11.6 Å². The van der Waals surface area contributed by atoms with E-state index in [1.165, 1.54) is 29.6 Å². The number of aryl methyl sites for hydroxylation is 1. The molecule has 3 nitrogen and oxygen atoms in total. The van der Waals surface area contributed by atoms with Gasteiger partial charge in [-0.15, -0.1) is 0 Å². The molecule has 3 rings (SSSR count). The summed E-state index contributed by atoms with van der Waals surface area (Å²) in [5.74, 6) is 0.834. The Labute approximate surface area is 184 Å². The summed E-state index contributed by atoms with van der Waals surface area (Å²) < 4.78 is 6.28. The van der Waals surface area contributed by atoms with Crippen molar-refractivity contribution in [2.75, 3.05) is 6.61 Å². The number of allylic oxidation sites excluding steroid dienone is 1. The number of halogens is 1. The lowest BCUT2D eigenvalue weighted by Gasteiger charge is -2.27. The maximum atomic E-state index is 10.9. The summed E-state index contributed by atoms with van der Waals surface area (Å²) in [7, 11) is 0. The number of hydrogen-bond acceptors (Lipinski definition) is 2. The molecule has 1 atom stereocenters. The van der Waals surface area contributed by atoms with Crippen molar-refractivity contribution in [2.24, 2.45) is 5.92 Å². The summed E-state index contributed by atoms with van der Waals surface area (Å²) in [6, 6.07) is 12.1. The number of carbonyl (C=O) groups is 1. The van der Waals surface area contributed by atoms with Gasteiger partial charge in [0.1, 0.15) is 12.4 Å². The summed E-state index contributed by atoms with van der Waals surface area (Å²) in [4.78, 5) is 10.9. The molecular weight excluding hydrogens is 396 g/mol. The molecule has 0 aliphatic heterocycles. The molecule has 0 heterocycles. The Hall–Kier alpha value is -2.26. The zero-order chi connectivity index (χ0) is 21.7. The largest absolute Gasteiger partial charge is 0.489 e. The highest BCUT2D eigenvalue weighted by Crippen LogP contribution is 2.38. The van der Waals surface area contributed by atoms with Crippen LogP contribution in [0.25, 0.3) is 5.57 Å². The van der Waals surface area contributed by atoms with Crippen molar-refractivity contribution < 1.29 is 14.6 Å². The quantitative estimate of drug-likeness (QED) is 0.493. The smallest absolute Gasteiger partial charge is 0.303 e. The van der Waals surface area contributed by atoms with Crippen LogP contribution < -0.4 is 4.74 Å². The molecule has 0 amide bonds. The van der Waals surface area contributed by atoms with Gasteiger partial charge in [0, 0.05) is 11.4 Å². The lowest BCUT2D eigenvalue weighted by molar-refractivity contribution is -0.136. The van der Waals surface area contributed by atoms with Crippen LogP contribution in [-0.4, -0.2) is 17.7 Å². The molecule has 0 spiro atoms. The maximum Gasteiger partial charge on any atom is 0.303 e. The molecule has 0 saturated heterocycles. The second-order valence-electron chi connectivity index (χ2n) is 8.26. The van der Waals surface area contributed by atoms with Gasteiger partial charge >= 0.3 is 5.97 Å². The van der Waals surface area contributed by atoms with E-state index in [2.05, 4.69) is 26.0 Å². The predicted octanol–water partition coefficient (Wildman–Crippen LogP) is 7.02. The lowest BCUT2D eigenvalue weighted by Crippen LogP contribution is -2.14. The molecule has 1 aliphatic carbocycles. The molecule has 30 heavy (non-hydrogen) atoms. The van der Waals surface area contributed by atoms with Gasteiger partial charge in [0.05, 0.1) is 0 Å². The number of ether oxygens (including phenoxy) is 1. The van der Waals surface area contributed by atoms with Gasteiger partial charge in [-0.05, 0) is 97.0 Å². The Kier molecular flexibility index (Phi) is 7.60. The Bertz CT molecular complexity index is 928. The lowest BCUT2D eigenvalue weighted by atomic mass is 9.80. The Morgan fingerprint density at radius 3 is 2.53 bits per heavy atom. The molecule has 0 fully saturated rings. The summed E-state index contributed by atoms with van der Waals surface area (Å²) in [5.41, 5.74) is 7.30. The van der Waals surface area contributed by atoms with E-state index in [1.54, 1.807) is 0 Å². The van der Waals surface area contributed by atoms with E-state index in [0.717, 1.165) is 46.2 Å². The van der Waals surface area contributed by atoms with E-state index >= 15 is 0 Å². The Balaban J connectivity index is 1.80. The molecule has 2 aromatic carbocycles. The van der Waals surface area contributed by atoms with Gasteiger partial charge in [0.25, 0.3) is 0 Å². The van der Waals surface area contributed by atoms with Crippen molar-refractivity contribution in [3.63, 3.8) is 0 Å². The number of carboxylic acids is 1. The van der Waals surface area contributed by atoms with Gasteiger partial charge in [-0.1, -0.05) is 43.1 Å². The monoisotopic (exact) mass is 426 g/mol. The molecule has 4 heteroatoms. The van der Waals surface area contributed by atoms with Crippen molar-refractivity contribution in [3.05, 3.63) is 69.2 Å². The van der Waals surface area contributed by atoms with Gasteiger partial charge in [0.15, 0.2) is 0 Å². The van der Waals surface area contributed by atoms with Crippen LogP contribution in [0.15, 0.2) is 42.0 Å². The predicted molar refractivity (Wildman–Crippen MR) is 123 cm³/mol. The summed E-state index contributed by atoms with van der Waals surface area (Å²) in [6.45, 7) is 6.95. The molecular formula is C26H31ClO3. The highest BCUT2D eigenvalue weighted by atomic mass is 35.5. The molecule has 1 unspecified atom stereocenters. The van der Waals surface area contributed by atoms with E-state index in [4.69, 9.17) is 21.4 Å². The molecule has 160 valence electrons. The zero-order valence-corrected chi connectivity index (χ0v) is 18.9. The topological polar surface area (TPSA) is 46.5 Å². The third-order valence-corrected chi connectivity index (χ3v) is 6.66. The van der Waals surface area contributed by atoms with Crippen LogP contribution in [0.2, 0.25) is 5.02 Å². The van der Waals surface area contributed by atoms with Crippen LogP contribution in [0.3, 0.4) is 0 Å². The van der Waals surface area contributed by atoms with Crippen LogP contribution in [0.1, 0.15) is 61.3 Å². The molecule has 0 aromatic heterocycles. The molecule has 1 N–H and O–H groups in total. The molecule has 0 saturated carbocycles. The van der Waals surface area contributed by atoms with E-state index in [1.807, 2.05) is 31.2 Å². The summed E-state index contributed by atoms with van der Waals surface area (Å²) >= 11 is 6.10. The first-order valence-electron chi connectivity index (χ1n) is 10.8. The third kappa shape index (κ3) is 5.46. The number of rotatable bonds is 8. The average molecular weight is 427 g/mol. The van der Waals surface area contributed by atoms with E-state index in [0.29, 0.717) is 13.0 Å². The first-order valence-corrected chi connectivity index (χ1v) is 11.2. The zero-order valence-electron chi connectivity index (χ0n) is 18.1. The van der Waals surface area contributed by atoms with Gasteiger partial charge in [-0.3, -0.25) is 4.79 Å². The number of hydrogen-bond donors (Lipinski definition) is 1. The standard InChI is InChI=1S/C26H31ClO3/c1-4-19-5-6-22(24(15-19)21-7-11-23(27)12-8-21)16-30-25-13-9-20(10-14-26(28)29)17(2)18(25)3/h7-9,11-13,19H,4-6,10,14-16H2,1-3H3,(H,28,29). The Morgan fingerprint density at radius 1 is 1.13 bits per heavy atom. The highest BCUT2D eigenvalue weighted by Gasteiger charge is 2.22. The fourth-order valence-corrected chi connectivity index (χ4v) is 4.36. The summed E-state index contributed by atoms with van der Waals surface area (Å²) in [6.07, 6.45) is 5.25. The molecule has 2 aromatic rings. The van der Waals surface area contributed by atoms with Crippen molar-refractivity contribution in [1.29, 1.82) is 0 Å². The van der Waals surface area contributed by atoms with Crippen LogP contribution in [0.4, 0.5) is 0 Å². The van der Waals surface area contributed by atoms with Gasteiger partial charge in [-0.2, -0.15) is 0 Å². The second kappa shape index (κ2) is 10.2.